The number of amides is 8. The first-order valence-electron chi connectivity index (χ1n) is 24.9. The Hall–Kier alpha value is -7.92. The number of aromatic nitrogens is 2. The number of unbranched alkanes of at least 4 members (excludes halogenated alkanes) is 1. The number of carbonyl (C=O) groups excluding carboxylic acids is 8. The molecule has 1 saturated heterocycles. The van der Waals surface area contributed by atoms with E-state index in [0.717, 1.165) is 10.8 Å². The zero-order valence-corrected chi connectivity index (χ0v) is 41.7. The number of nitrogens with zero attached hydrogens (tertiary/aromatic N) is 1. The van der Waals surface area contributed by atoms with Crippen LogP contribution in [0, 0.1) is 5.41 Å². The van der Waals surface area contributed by atoms with Crippen LogP contribution in [0.2, 0.25) is 0 Å². The summed E-state index contributed by atoms with van der Waals surface area (Å²) in [5, 5.41) is 46.1. The van der Waals surface area contributed by atoms with Gasteiger partial charge in [0.1, 0.15) is 36.4 Å². The Morgan fingerprint density at radius 2 is 1.53 bits per heavy atom. The molecule has 1 aliphatic rings. The van der Waals surface area contributed by atoms with Gasteiger partial charge in [-0.2, -0.15) is 0 Å². The summed E-state index contributed by atoms with van der Waals surface area (Å²) in [6.45, 7) is 3.14. The fourth-order valence-electron chi connectivity index (χ4n) is 8.45. The second kappa shape index (κ2) is 28.9. The first kappa shape index (κ1) is 57.0. The van der Waals surface area contributed by atoms with Crippen molar-refractivity contribution in [2.45, 2.75) is 133 Å². The average Bonchev–Trinajstić information content (AvgIpc) is 3.89. The molecule has 1 aromatic heterocycles. The summed E-state index contributed by atoms with van der Waals surface area (Å²) in [7, 11) is 0. The number of H-pyrrole nitrogens is 1. The number of fused-ring (bicyclic) bond motifs is 1. The number of rotatable bonds is 19. The van der Waals surface area contributed by atoms with Crippen molar-refractivity contribution in [2.24, 2.45) is 11.5 Å². The van der Waals surface area contributed by atoms with Crippen molar-refractivity contribution in [2.75, 3.05) is 13.1 Å². The number of hydrogen-bond donors (Lipinski definition) is 14. The highest BCUT2D eigenvalue weighted by Crippen LogP contribution is 2.18. The molecule has 1 fully saturated rings. The number of nitrogens with one attached hydrogen (secondary N) is 11. The van der Waals surface area contributed by atoms with Gasteiger partial charge >= 0.3 is 0 Å². The SMILES string of the molecule is CCCCC(NC(C)=O)C(=O)N[C@H]1CCC(=O)NCC[C@@H](C(=O)N[C@H](Cc2ccc3ccccc3c2)C(N)=O)NC(O)[C@H](CCCNC(=N)N)NC(=O)[C@@H](Cc2ccccc2)NC(=O)[C@H](Cc2c[nH]cn2)NC1=O. The smallest absolute Gasteiger partial charge is 0.243 e. The van der Waals surface area contributed by atoms with E-state index in [1.807, 2.05) is 49.4 Å². The number of aliphatic hydroxyl groups excluding tert-OH is 1. The number of aromatic amines is 1. The molecule has 0 saturated carbocycles. The maximum Gasteiger partial charge on any atom is 0.243 e. The highest BCUT2D eigenvalue weighted by atomic mass is 16.3. The molecule has 0 radical (unpaired) electrons. The van der Waals surface area contributed by atoms with Gasteiger partial charge in [-0.25, -0.2) is 4.98 Å². The van der Waals surface area contributed by atoms with Crippen molar-refractivity contribution in [3.05, 3.63) is 102 Å². The molecule has 398 valence electrons. The van der Waals surface area contributed by atoms with Crippen LogP contribution in [0.25, 0.3) is 10.8 Å². The number of imidazole rings is 1. The first-order chi connectivity index (χ1) is 35.5. The second-order valence-electron chi connectivity index (χ2n) is 18.3. The van der Waals surface area contributed by atoms with Crippen molar-refractivity contribution in [1.82, 2.24) is 57.8 Å². The van der Waals surface area contributed by atoms with Crippen LogP contribution >= 0.6 is 0 Å². The molecule has 2 unspecified atom stereocenters. The summed E-state index contributed by atoms with van der Waals surface area (Å²) in [5.74, 6) is -6.10. The molecule has 4 aromatic rings. The molecular weight excluding hydrogens is 953 g/mol. The minimum Gasteiger partial charge on any atom is -0.376 e. The zero-order valence-electron chi connectivity index (χ0n) is 41.7. The third-order valence-corrected chi connectivity index (χ3v) is 12.4. The van der Waals surface area contributed by atoms with Gasteiger partial charge in [0.2, 0.25) is 47.3 Å². The highest BCUT2D eigenvalue weighted by Gasteiger charge is 2.35. The molecule has 16 N–H and O–H groups in total. The first-order valence-corrected chi connectivity index (χ1v) is 24.9. The van der Waals surface area contributed by atoms with Crippen molar-refractivity contribution in [3.63, 3.8) is 0 Å². The van der Waals surface area contributed by atoms with Crippen molar-refractivity contribution in [3.8, 4) is 0 Å². The van der Waals surface area contributed by atoms with Gasteiger partial charge in [0.05, 0.1) is 24.1 Å². The van der Waals surface area contributed by atoms with Gasteiger partial charge in [-0.15, -0.1) is 0 Å². The Bertz CT molecular complexity index is 2550. The Labute approximate surface area is 429 Å². The zero-order chi connectivity index (χ0) is 53.6. The quantitative estimate of drug-likeness (QED) is 0.0306. The molecule has 0 bridgehead atoms. The summed E-state index contributed by atoms with van der Waals surface area (Å²) in [6, 6.07) is 13.0. The van der Waals surface area contributed by atoms with Gasteiger partial charge < -0.3 is 64.1 Å². The lowest BCUT2D eigenvalue weighted by molar-refractivity contribution is -0.135. The number of nitrogens with two attached hydrogens (primary N) is 2. The molecule has 23 heteroatoms. The number of guanidine groups is 1. The summed E-state index contributed by atoms with van der Waals surface area (Å²) < 4.78 is 0. The normalized spacial score (nSPS) is 21.1. The van der Waals surface area contributed by atoms with Crippen LogP contribution in [0.1, 0.15) is 82.0 Å². The van der Waals surface area contributed by atoms with Crippen LogP contribution in [0.15, 0.2) is 85.3 Å². The largest absolute Gasteiger partial charge is 0.376 e. The standard InChI is InChI=1S/C51H70N14O9/c1-3-4-15-36(59-30(2)66)45(69)61-38-19-20-43(67)56-23-21-39(48(72)63-40(44(52)68)26-32-17-18-33-13-8-9-14-34(33)24-32)62-46(70)37(16-10-22-57-51(53)54)60-49(73)41(25-31-11-6-5-7-12-31)64-50(74)42(65-47(38)71)27-35-28-55-29-58-35/h5-9,11-14,17-18,24,28-29,36-42,46,62,70H,3-4,10,15-16,19-23,25-27H2,1-2H3,(H2,52,68)(H,55,58)(H,56,67)(H,59,66)(H,60,73)(H,61,69)(H,63,72)(H,64,74)(H,65,71)(H4,53,54,57)/t36?,37-,38-,39-,40+,41+,42-,46?/m0/s1. The van der Waals surface area contributed by atoms with E-state index in [4.69, 9.17) is 16.9 Å². The predicted octanol–water partition coefficient (Wildman–Crippen LogP) is -0.965. The fourth-order valence-corrected chi connectivity index (χ4v) is 8.45. The molecule has 1 aliphatic heterocycles. The number of carbonyl (C=O) groups is 8. The summed E-state index contributed by atoms with van der Waals surface area (Å²) in [6.07, 6.45) is 1.99. The van der Waals surface area contributed by atoms with Gasteiger partial charge in [0.15, 0.2) is 5.96 Å². The van der Waals surface area contributed by atoms with Crippen LogP contribution in [-0.2, 0) is 57.6 Å². The summed E-state index contributed by atoms with van der Waals surface area (Å²) >= 11 is 0. The lowest BCUT2D eigenvalue weighted by Crippen LogP contribution is -2.61. The van der Waals surface area contributed by atoms with E-state index in [9.17, 15) is 43.5 Å². The molecule has 3 aromatic carbocycles. The highest BCUT2D eigenvalue weighted by molar-refractivity contribution is 5.96. The molecule has 0 spiro atoms. The van der Waals surface area contributed by atoms with E-state index in [0.29, 0.717) is 29.7 Å². The Morgan fingerprint density at radius 3 is 2.22 bits per heavy atom. The topological polar surface area (TPSA) is 370 Å². The molecule has 23 nitrogen and oxygen atoms in total. The van der Waals surface area contributed by atoms with E-state index < -0.39 is 95.8 Å². The van der Waals surface area contributed by atoms with E-state index in [1.165, 1.54) is 19.4 Å². The lowest BCUT2D eigenvalue weighted by Gasteiger charge is -2.31. The van der Waals surface area contributed by atoms with E-state index in [1.54, 1.807) is 30.3 Å². The maximum absolute atomic E-state index is 14.6. The van der Waals surface area contributed by atoms with Crippen molar-refractivity contribution < 1.29 is 43.5 Å². The molecule has 8 atom stereocenters. The number of primary amides is 1. The van der Waals surface area contributed by atoms with Gasteiger partial charge in [-0.05, 0) is 54.0 Å². The number of benzene rings is 3. The molecular formula is C51H70N14O9. The van der Waals surface area contributed by atoms with Crippen LogP contribution in [-0.4, -0.2) is 130 Å². The molecule has 5 rings (SSSR count). The average molecular weight is 1020 g/mol. The minimum atomic E-state index is -1.68. The van der Waals surface area contributed by atoms with E-state index in [-0.39, 0.29) is 76.8 Å². The number of aliphatic hydroxyl groups is 1. The van der Waals surface area contributed by atoms with Crippen LogP contribution in [0.4, 0.5) is 0 Å². The monoisotopic (exact) mass is 1020 g/mol. The van der Waals surface area contributed by atoms with E-state index >= 15 is 0 Å². The lowest BCUT2D eigenvalue weighted by atomic mass is 10.0. The van der Waals surface area contributed by atoms with E-state index in [2.05, 4.69) is 57.8 Å². The minimum absolute atomic E-state index is 0.0201. The third-order valence-electron chi connectivity index (χ3n) is 12.4. The molecule has 74 heavy (non-hydrogen) atoms. The van der Waals surface area contributed by atoms with Gasteiger partial charge in [0.25, 0.3) is 0 Å². The summed E-state index contributed by atoms with van der Waals surface area (Å²) in [5.41, 5.74) is 13.1. The fraction of sp³-hybridized carbons (Fsp3) is 0.451. The Balaban J connectivity index is 1.51. The van der Waals surface area contributed by atoms with Crippen LogP contribution in [0.3, 0.4) is 0 Å². The Kier molecular flexibility index (Phi) is 22.3. The Morgan fingerprint density at radius 1 is 0.824 bits per heavy atom. The molecule has 8 amide bonds. The van der Waals surface area contributed by atoms with Crippen molar-refractivity contribution >= 4 is 64.0 Å². The van der Waals surface area contributed by atoms with Gasteiger partial charge in [-0.3, -0.25) is 49.1 Å². The molecule has 0 aliphatic carbocycles. The predicted molar refractivity (Wildman–Crippen MR) is 275 cm³/mol. The van der Waals surface area contributed by atoms with Crippen LogP contribution in [0.5, 0.6) is 0 Å². The number of hydrogen-bond acceptors (Lipinski definition) is 12. The van der Waals surface area contributed by atoms with Crippen molar-refractivity contribution in [1.29, 1.82) is 5.41 Å². The maximum atomic E-state index is 14.6. The molecule has 2 heterocycles. The second-order valence-corrected chi connectivity index (χ2v) is 18.3. The van der Waals surface area contributed by atoms with Crippen LogP contribution < -0.4 is 59.3 Å². The summed E-state index contributed by atoms with van der Waals surface area (Å²) in [4.78, 5) is 117. The van der Waals surface area contributed by atoms with Gasteiger partial charge in [-0.1, -0.05) is 92.6 Å². The third kappa shape index (κ3) is 18.6. The van der Waals surface area contributed by atoms with Gasteiger partial charge in [0, 0.05) is 51.9 Å².